The van der Waals surface area contributed by atoms with Crippen LogP contribution in [0.4, 0.5) is 0 Å². The first-order chi connectivity index (χ1) is 8.69. The van der Waals surface area contributed by atoms with E-state index in [1.165, 1.54) is 0 Å². The van der Waals surface area contributed by atoms with Crippen LogP contribution in [0.5, 0.6) is 0 Å². The lowest BCUT2D eigenvalue weighted by Gasteiger charge is -2.26. The molecule has 0 spiro atoms. The Kier molecular flexibility index (Phi) is 14.7. The molecule has 0 aromatic heterocycles. The Labute approximate surface area is 132 Å². The Hall–Kier alpha value is 0.340. The van der Waals surface area contributed by atoms with E-state index in [2.05, 4.69) is 10.6 Å². The normalized spacial score (nSPS) is 33.0. The second-order valence-corrected chi connectivity index (χ2v) is 5.01. The molecule has 6 nitrogen and oxygen atoms in total. The van der Waals surface area contributed by atoms with E-state index < -0.39 is 0 Å². The third kappa shape index (κ3) is 7.95. The van der Waals surface area contributed by atoms with Crippen molar-refractivity contribution in [2.45, 2.75) is 25.0 Å². The fourth-order valence-electron chi connectivity index (χ4n) is 2.22. The van der Waals surface area contributed by atoms with Crippen molar-refractivity contribution in [3.05, 3.63) is 0 Å². The van der Waals surface area contributed by atoms with E-state index in [1.807, 2.05) is 0 Å². The summed E-state index contributed by atoms with van der Waals surface area (Å²) in [6.07, 6.45) is 1.09. The van der Waals surface area contributed by atoms with Gasteiger partial charge in [0.2, 0.25) is 0 Å². The van der Waals surface area contributed by atoms with Gasteiger partial charge in [-0.25, -0.2) is 0 Å². The second-order valence-electron chi connectivity index (χ2n) is 5.01. The molecule has 2 fully saturated rings. The number of halogens is 2. The van der Waals surface area contributed by atoms with Gasteiger partial charge in [-0.05, 0) is 25.9 Å². The Morgan fingerprint density at radius 2 is 1.10 bits per heavy atom. The molecule has 0 radical (unpaired) electrons. The van der Waals surface area contributed by atoms with Crippen molar-refractivity contribution in [1.82, 2.24) is 10.6 Å². The van der Waals surface area contributed by atoms with E-state index in [0.717, 1.165) is 25.9 Å². The molecule has 20 heavy (non-hydrogen) atoms. The van der Waals surface area contributed by atoms with Crippen LogP contribution < -0.4 is 10.6 Å². The van der Waals surface area contributed by atoms with Crippen LogP contribution in [0.25, 0.3) is 0 Å². The first-order valence-corrected chi connectivity index (χ1v) is 6.68. The summed E-state index contributed by atoms with van der Waals surface area (Å²) in [4.78, 5) is 0. The number of nitrogens with one attached hydrogen (secondary N) is 2. The monoisotopic (exact) mass is 334 g/mol. The standard InChI is InChI=1S/2C6H13NO2.2ClH/c2*8-4-5-1-2-7-3-6(5)9;;/h2*5-9H,1-4H2;2*1H/t2*5-,6-;;/m10../s1. The van der Waals surface area contributed by atoms with Crippen molar-refractivity contribution in [3.8, 4) is 0 Å². The number of piperidine rings is 2. The molecule has 2 aliphatic rings. The minimum absolute atomic E-state index is 0. The fourth-order valence-corrected chi connectivity index (χ4v) is 2.22. The molecule has 0 aromatic carbocycles. The summed E-state index contributed by atoms with van der Waals surface area (Å²) in [6.45, 7) is 3.33. The molecule has 2 rings (SSSR count). The number of β-amino-alcohol motifs (C(OH)–C–C–N with tert-alkyl or cyclic N) is 2. The van der Waals surface area contributed by atoms with Crippen LogP contribution in [0.2, 0.25) is 0 Å². The largest absolute Gasteiger partial charge is 0.396 e. The molecular formula is C12H28Cl2N2O4. The Morgan fingerprint density at radius 1 is 0.750 bits per heavy atom. The lowest BCUT2D eigenvalue weighted by Crippen LogP contribution is -2.41. The first kappa shape index (κ1) is 22.6. The maximum absolute atomic E-state index is 9.15. The molecule has 0 saturated carbocycles. The van der Waals surface area contributed by atoms with Crippen molar-refractivity contribution >= 4 is 24.8 Å². The predicted molar refractivity (Wildman–Crippen MR) is 82.6 cm³/mol. The Balaban J connectivity index is 0. The van der Waals surface area contributed by atoms with Crippen LogP contribution in [-0.2, 0) is 0 Å². The van der Waals surface area contributed by atoms with Crippen LogP contribution in [0.1, 0.15) is 12.8 Å². The molecule has 0 unspecified atom stereocenters. The van der Waals surface area contributed by atoms with Crippen LogP contribution in [-0.4, -0.2) is 72.0 Å². The van der Waals surface area contributed by atoms with Gasteiger partial charge < -0.3 is 31.1 Å². The van der Waals surface area contributed by atoms with Gasteiger partial charge >= 0.3 is 0 Å². The summed E-state index contributed by atoms with van der Waals surface area (Å²) in [5.74, 6) is 0.206. The van der Waals surface area contributed by atoms with Crippen molar-refractivity contribution < 1.29 is 20.4 Å². The zero-order chi connectivity index (χ0) is 13.4. The number of hydrogen-bond donors (Lipinski definition) is 6. The smallest absolute Gasteiger partial charge is 0.0715 e. The van der Waals surface area contributed by atoms with Gasteiger partial charge in [0.25, 0.3) is 0 Å². The van der Waals surface area contributed by atoms with Gasteiger partial charge in [0.1, 0.15) is 0 Å². The maximum atomic E-state index is 9.15. The van der Waals surface area contributed by atoms with E-state index in [1.54, 1.807) is 0 Å². The molecular weight excluding hydrogens is 307 g/mol. The second kappa shape index (κ2) is 13.0. The molecule has 0 amide bonds. The molecule has 0 aliphatic carbocycles. The van der Waals surface area contributed by atoms with E-state index >= 15 is 0 Å². The summed E-state index contributed by atoms with van der Waals surface area (Å²) in [6, 6.07) is 0. The van der Waals surface area contributed by atoms with Gasteiger partial charge in [0.15, 0.2) is 0 Å². The fraction of sp³-hybridized carbons (Fsp3) is 1.00. The minimum atomic E-state index is -0.344. The highest BCUT2D eigenvalue weighted by molar-refractivity contribution is 5.85. The molecule has 0 bridgehead atoms. The predicted octanol–water partition coefficient (Wildman–Crippen LogP) is -1.26. The highest BCUT2D eigenvalue weighted by atomic mass is 35.5. The van der Waals surface area contributed by atoms with E-state index in [9.17, 15) is 0 Å². The molecule has 4 atom stereocenters. The highest BCUT2D eigenvalue weighted by Crippen LogP contribution is 2.11. The first-order valence-electron chi connectivity index (χ1n) is 6.68. The highest BCUT2D eigenvalue weighted by Gasteiger charge is 2.21. The summed E-state index contributed by atoms with van der Waals surface area (Å²) in [7, 11) is 0. The van der Waals surface area contributed by atoms with Crippen LogP contribution >= 0.6 is 24.8 Å². The average Bonchev–Trinajstić information content (AvgIpc) is 2.41. The molecule has 6 N–H and O–H groups in total. The van der Waals surface area contributed by atoms with E-state index in [4.69, 9.17) is 20.4 Å². The molecule has 2 aliphatic heterocycles. The SMILES string of the molecule is Cl.Cl.OC[C@@H]1CCNC[C@@H]1O.OC[C@H]1CCNC[C@H]1O. The van der Waals surface area contributed by atoms with Gasteiger partial charge in [-0.15, -0.1) is 24.8 Å². The number of rotatable bonds is 2. The third-order valence-corrected chi connectivity index (χ3v) is 3.65. The van der Waals surface area contributed by atoms with Gasteiger partial charge in [0.05, 0.1) is 12.2 Å². The molecule has 8 heteroatoms. The Bertz CT molecular complexity index is 206. The lowest BCUT2D eigenvalue weighted by atomic mass is 9.96. The third-order valence-electron chi connectivity index (χ3n) is 3.65. The van der Waals surface area contributed by atoms with Crippen LogP contribution in [0.15, 0.2) is 0 Å². The van der Waals surface area contributed by atoms with Crippen LogP contribution in [0.3, 0.4) is 0 Å². The van der Waals surface area contributed by atoms with Gasteiger partial charge in [-0.1, -0.05) is 0 Å². The summed E-state index contributed by atoms with van der Waals surface area (Å²) < 4.78 is 0. The topological polar surface area (TPSA) is 105 Å². The number of aliphatic hydroxyl groups excluding tert-OH is 4. The molecule has 0 aromatic rings. The number of aliphatic hydroxyl groups is 4. The van der Waals surface area contributed by atoms with Gasteiger partial charge in [0, 0.05) is 38.1 Å². The zero-order valence-corrected chi connectivity index (χ0v) is 13.2. The van der Waals surface area contributed by atoms with E-state index in [0.29, 0.717) is 13.1 Å². The minimum Gasteiger partial charge on any atom is -0.396 e. The van der Waals surface area contributed by atoms with Crippen molar-refractivity contribution in [1.29, 1.82) is 0 Å². The van der Waals surface area contributed by atoms with Crippen molar-refractivity contribution in [2.24, 2.45) is 11.8 Å². The van der Waals surface area contributed by atoms with Crippen LogP contribution in [0, 0.1) is 11.8 Å². The quantitative estimate of drug-likeness (QED) is 0.377. The summed E-state index contributed by atoms with van der Waals surface area (Å²) >= 11 is 0. The lowest BCUT2D eigenvalue weighted by molar-refractivity contribution is 0.0456. The molecule has 2 saturated heterocycles. The summed E-state index contributed by atoms with van der Waals surface area (Å²) in [5.41, 5.74) is 0. The van der Waals surface area contributed by atoms with Crippen molar-refractivity contribution in [3.63, 3.8) is 0 Å². The average molecular weight is 335 g/mol. The number of hydrogen-bond acceptors (Lipinski definition) is 6. The van der Waals surface area contributed by atoms with Gasteiger partial charge in [-0.2, -0.15) is 0 Å². The summed E-state index contributed by atoms with van der Waals surface area (Å²) in [5, 5.41) is 41.7. The van der Waals surface area contributed by atoms with Crippen molar-refractivity contribution in [2.75, 3.05) is 39.4 Å². The maximum Gasteiger partial charge on any atom is 0.0715 e. The zero-order valence-electron chi connectivity index (χ0n) is 11.6. The Morgan fingerprint density at radius 3 is 1.30 bits per heavy atom. The molecule has 2 heterocycles. The molecule has 124 valence electrons. The van der Waals surface area contributed by atoms with E-state index in [-0.39, 0.29) is 62.1 Å². The van der Waals surface area contributed by atoms with Gasteiger partial charge in [-0.3, -0.25) is 0 Å².